The molecule has 4 heteroatoms. The van der Waals surface area contributed by atoms with Crippen molar-refractivity contribution in [1.82, 2.24) is 9.97 Å². The molecule has 0 amide bonds. The van der Waals surface area contributed by atoms with Gasteiger partial charge >= 0.3 is 0 Å². The number of hydrogen-bond donors (Lipinski definition) is 1. The second-order valence-corrected chi connectivity index (χ2v) is 4.05. The van der Waals surface area contributed by atoms with Gasteiger partial charge < -0.3 is 5.73 Å². The quantitative estimate of drug-likeness (QED) is 0.812. The number of rotatable bonds is 2. The zero-order valence-electron chi connectivity index (χ0n) is 8.94. The molecule has 0 saturated carbocycles. The summed E-state index contributed by atoms with van der Waals surface area (Å²) < 4.78 is 0. The minimum Gasteiger partial charge on any atom is -0.383 e. The third kappa shape index (κ3) is 2.31. The second kappa shape index (κ2) is 4.49. The van der Waals surface area contributed by atoms with Crippen molar-refractivity contribution in [2.75, 3.05) is 5.73 Å². The van der Waals surface area contributed by atoms with Gasteiger partial charge in [0.15, 0.2) is 0 Å². The Balaban J connectivity index is 2.30. The number of nitrogens with two attached hydrogens (primary N) is 1. The van der Waals surface area contributed by atoms with Crippen molar-refractivity contribution < 1.29 is 0 Å². The summed E-state index contributed by atoms with van der Waals surface area (Å²) in [5.41, 5.74) is 8.92. The van der Waals surface area contributed by atoms with Crippen LogP contribution in [0.25, 0.3) is 0 Å². The molecule has 0 spiro atoms. The maximum Gasteiger partial charge on any atom is 0.138 e. The Bertz CT molecular complexity index is 474. The average Bonchev–Trinajstić information content (AvgIpc) is 2.26. The van der Waals surface area contributed by atoms with Crippen LogP contribution in [0.15, 0.2) is 30.6 Å². The molecule has 0 aliphatic rings. The Kier molecular flexibility index (Phi) is 3.06. The van der Waals surface area contributed by atoms with Gasteiger partial charge in [-0.05, 0) is 12.5 Å². The molecule has 2 rings (SSSR count). The van der Waals surface area contributed by atoms with E-state index in [1.807, 2.05) is 0 Å². The van der Waals surface area contributed by atoms with Crippen LogP contribution >= 0.6 is 11.6 Å². The topological polar surface area (TPSA) is 51.8 Å². The van der Waals surface area contributed by atoms with E-state index in [0.717, 1.165) is 11.1 Å². The van der Waals surface area contributed by atoms with Crippen LogP contribution in [0.1, 0.15) is 16.7 Å². The molecule has 0 bridgehead atoms. The van der Waals surface area contributed by atoms with Crippen molar-refractivity contribution in [3.8, 4) is 0 Å². The van der Waals surface area contributed by atoms with Gasteiger partial charge in [0.25, 0.3) is 0 Å². The Morgan fingerprint density at radius 2 is 1.88 bits per heavy atom. The van der Waals surface area contributed by atoms with Crippen molar-refractivity contribution in [2.45, 2.75) is 13.3 Å². The first-order valence-electron chi connectivity index (χ1n) is 4.97. The second-order valence-electron chi connectivity index (χ2n) is 3.69. The van der Waals surface area contributed by atoms with Crippen LogP contribution in [0, 0.1) is 6.92 Å². The van der Waals surface area contributed by atoms with Gasteiger partial charge in [-0.25, -0.2) is 9.97 Å². The minimum atomic E-state index is 0.424. The first kappa shape index (κ1) is 10.9. The van der Waals surface area contributed by atoms with Gasteiger partial charge in [-0.15, -0.1) is 0 Å². The van der Waals surface area contributed by atoms with E-state index in [1.165, 1.54) is 11.9 Å². The van der Waals surface area contributed by atoms with E-state index in [1.54, 1.807) is 0 Å². The molecule has 1 aromatic carbocycles. The van der Waals surface area contributed by atoms with Crippen LogP contribution in [-0.4, -0.2) is 9.97 Å². The van der Waals surface area contributed by atoms with Gasteiger partial charge in [0.1, 0.15) is 17.3 Å². The first-order chi connectivity index (χ1) is 7.66. The molecule has 0 saturated heterocycles. The molecule has 0 unspecified atom stereocenters. The summed E-state index contributed by atoms with van der Waals surface area (Å²) in [6.07, 6.45) is 2.03. The van der Waals surface area contributed by atoms with Crippen LogP contribution in [0.2, 0.25) is 5.15 Å². The fourth-order valence-corrected chi connectivity index (χ4v) is 1.68. The van der Waals surface area contributed by atoms with E-state index in [9.17, 15) is 0 Å². The monoisotopic (exact) mass is 233 g/mol. The lowest BCUT2D eigenvalue weighted by Gasteiger charge is -2.06. The Morgan fingerprint density at radius 1 is 1.19 bits per heavy atom. The number of hydrogen-bond acceptors (Lipinski definition) is 3. The molecule has 1 heterocycles. The lowest BCUT2D eigenvalue weighted by atomic mass is 10.1. The summed E-state index contributed by atoms with van der Waals surface area (Å²) in [6, 6.07) is 8.22. The lowest BCUT2D eigenvalue weighted by molar-refractivity contribution is 1.08. The van der Waals surface area contributed by atoms with Crippen LogP contribution in [0.4, 0.5) is 5.82 Å². The highest BCUT2D eigenvalue weighted by molar-refractivity contribution is 6.30. The summed E-state index contributed by atoms with van der Waals surface area (Å²) in [5.74, 6) is 0.445. The highest BCUT2D eigenvalue weighted by atomic mass is 35.5. The van der Waals surface area contributed by atoms with Gasteiger partial charge in [-0.3, -0.25) is 0 Å². The molecule has 2 N–H and O–H groups in total. The maximum absolute atomic E-state index is 5.98. The summed E-state index contributed by atoms with van der Waals surface area (Å²) in [4.78, 5) is 7.86. The molecule has 3 nitrogen and oxygen atoms in total. The molecule has 0 fully saturated rings. The normalized spacial score (nSPS) is 10.4. The molecule has 0 radical (unpaired) electrons. The molecular formula is C12H12ClN3. The van der Waals surface area contributed by atoms with Crippen LogP contribution < -0.4 is 5.73 Å². The smallest absolute Gasteiger partial charge is 0.138 e. The fraction of sp³-hybridized carbons (Fsp3) is 0.167. The van der Waals surface area contributed by atoms with Crippen LogP contribution in [-0.2, 0) is 6.42 Å². The zero-order chi connectivity index (χ0) is 11.5. The predicted molar refractivity (Wildman–Crippen MR) is 65.4 cm³/mol. The fourth-order valence-electron chi connectivity index (χ4n) is 1.48. The van der Waals surface area contributed by atoms with Gasteiger partial charge in [0.2, 0.25) is 0 Å². The number of aromatic nitrogens is 2. The maximum atomic E-state index is 5.98. The van der Waals surface area contributed by atoms with Crippen molar-refractivity contribution in [2.24, 2.45) is 0 Å². The molecule has 16 heavy (non-hydrogen) atoms. The van der Waals surface area contributed by atoms with Gasteiger partial charge in [0, 0.05) is 12.0 Å². The predicted octanol–water partition coefficient (Wildman–Crippen LogP) is 2.61. The highest BCUT2D eigenvalue weighted by Crippen LogP contribution is 2.21. The Morgan fingerprint density at radius 3 is 2.50 bits per heavy atom. The number of benzene rings is 1. The summed E-state index contributed by atoms with van der Waals surface area (Å²) >= 11 is 5.98. The van der Waals surface area contributed by atoms with Gasteiger partial charge in [0.05, 0.1) is 0 Å². The van der Waals surface area contributed by atoms with E-state index in [0.29, 0.717) is 17.4 Å². The van der Waals surface area contributed by atoms with E-state index >= 15 is 0 Å². The molecular weight excluding hydrogens is 222 g/mol. The Labute approximate surface area is 99.3 Å². The van der Waals surface area contributed by atoms with Crippen LogP contribution in [0.5, 0.6) is 0 Å². The lowest BCUT2D eigenvalue weighted by Crippen LogP contribution is -2.01. The van der Waals surface area contributed by atoms with Crippen molar-refractivity contribution in [3.63, 3.8) is 0 Å². The van der Waals surface area contributed by atoms with E-state index in [-0.39, 0.29) is 0 Å². The Hall–Kier alpha value is -1.61. The molecule has 82 valence electrons. The van der Waals surface area contributed by atoms with Crippen molar-refractivity contribution in [3.05, 3.63) is 52.4 Å². The average molecular weight is 234 g/mol. The number of aryl methyl sites for hydroxylation is 1. The molecule has 0 atom stereocenters. The van der Waals surface area contributed by atoms with E-state index in [2.05, 4.69) is 41.2 Å². The minimum absolute atomic E-state index is 0.424. The zero-order valence-corrected chi connectivity index (χ0v) is 9.70. The number of anilines is 1. The van der Waals surface area contributed by atoms with Gasteiger partial charge in [-0.1, -0.05) is 41.4 Å². The molecule has 0 aliphatic carbocycles. The summed E-state index contributed by atoms with van der Waals surface area (Å²) in [5, 5.41) is 0.424. The largest absolute Gasteiger partial charge is 0.383 e. The molecule has 0 aliphatic heterocycles. The van der Waals surface area contributed by atoms with E-state index in [4.69, 9.17) is 17.3 Å². The third-order valence-electron chi connectivity index (χ3n) is 2.43. The highest BCUT2D eigenvalue weighted by Gasteiger charge is 2.07. The first-order valence-corrected chi connectivity index (χ1v) is 5.35. The number of nitrogen functional groups attached to an aromatic ring is 1. The number of nitrogens with zero attached hydrogens (tertiary/aromatic N) is 2. The third-order valence-corrected chi connectivity index (χ3v) is 2.75. The van der Waals surface area contributed by atoms with Crippen LogP contribution in [0.3, 0.4) is 0 Å². The summed E-state index contributed by atoms with van der Waals surface area (Å²) in [6.45, 7) is 2.05. The standard InChI is InChI=1S/C12H12ClN3/c1-8-2-4-9(5-3-8)6-10-11(13)15-7-16-12(10)14/h2-5,7H,6H2,1H3,(H2,14,15,16). The summed E-state index contributed by atoms with van der Waals surface area (Å²) in [7, 11) is 0. The van der Waals surface area contributed by atoms with Gasteiger partial charge in [-0.2, -0.15) is 0 Å². The van der Waals surface area contributed by atoms with E-state index < -0.39 is 0 Å². The molecule has 1 aromatic heterocycles. The van der Waals surface area contributed by atoms with Crippen molar-refractivity contribution >= 4 is 17.4 Å². The van der Waals surface area contributed by atoms with Crippen molar-refractivity contribution in [1.29, 1.82) is 0 Å². The SMILES string of the molecule is Cc1ccc(Cc2c(N)ncnc2Cl)cc1. The molecule has 2 aromatic rings. The number of halogens is 1.